The zero-order chi connectivity index (χ0) is 7.66. The molecule has 0 aliphatic carbocycles. The van der Waals surface area contributed by atoms with Crippen molar-refractivity contribution >= 4 is 0 Å². The molecule has 0 unspecified atom stereocenters. The van der Waals surface area contributed by atoms with Crippen LogP contribution in [0.25, 0.3) is 0 Å². The summed E-state index contributed by atoms with van der Waals surface area (Å²) in [5.74, 6) is 0. The van der Waals surface area contributed by atoms with E-state index in [0.29, 0.717) is 0 Å². The molecule has 0 aromatic carbocycles. The maximum atomic E-state index is 2.26. The van der Waals surface area contributed by atoms with Crippen molar-refractivity contribution < 1.29 is 0 Å². The fourth-order valence-electron chi connectivity index (χ4n) is 0.777. The average molecular weight is 139 g/mol. The Morgan fingerprint density at radius 3 is 2.40 bits per heavy atom. The minimum absolute atomic E-state index is 1.22. The van der Waals surface area contributed by atoms with Crippen LogP contribution < -0.4 is 0 Å². The Balaban J connectivity index is 2.89. The molecule has 0 amide bonds. The van der Waals surface area contributed by atoms with E-state index in [1.165, 1.54) is 32.1 Å². The second kappa shape index (κ2) is 8.74. The Morgan fingerprint density at radius 1 is 1.00 bits per heavy atom. The van der Waals surface area contributed by atoms with Crippen molar-refractivity contribution in [2.24, 2.45) is 0 Å². The van der Waals surface area contributed by atoms with Crippen LogP contribution >= 0.6 is 0 Å². The fourth-order valence-corrected chi connectivity index (χ4v) is 0.777. The molecule has 0 atom stereocenters. The Bertz CT molecular complexity index is 62.1. The van der Waals surface area contributed by atoms with Gasteiger partial charge in [0.05, 0.1) is 0 Å². The Hall–Kier alpha value is -0.260. The summed E-state index contributed by atoms with van der Waals surface area (Å²) in [5.41, 5.74) is 0. The van der Waals surface area contributed by atoms with Gasteiger partial charge in [-0.3, -0.25) is 0 Å². The van der Waals surface area contributed by atoms with E-state index in [1.807, 2.05) is 0 Å². The van der Waals surface area contributed by atoms with Gasteiger partial charge in [-0.2, -0.15) is 0 Å². The predicted octanol–water partition coefficient (Wildman–Crippen LogP) is 3.74. The molecule has 1 radical (unpaired) electrons. The van der Waals surface area contributed by atoms with Crippen LogP contribution in [-0.2, 0) is 0 Å². The van der Waals surface area contributed by atoms with E-state index in [-0.39, 0.29) is 0 Å². The molecule has 0 aromatic rings. The number of hydrogen-bond donors (Lipinski definition) is 0. The van der Waals surface area contributed by atoms with Crippen molar-refractivity contribution in [1.82, 2.24) is 0 Å². The van der Waals surface area contributed by atoms with Gasteiger partial charge in [-0.15, -0.1) is 0 Å². The quantitative estimate of drug-likeness (QED) is 0.492. The highest BCUT2D eigenvalue weighted by Gasteiger charge is 1.79. The van der Waals surface area contributed by atoms with E-state index in [0.717, 1.165) is 0 Å². The number of allylic oxidation sites excluding steroid dienone is 2. The highest BCUT2D eigenvalue weighted by atomic mass is 13.9. The highest BCUT2D eigenvalue weighted by Crippen LogP contribution is 1.98. The SMILES string of the molecule is CCC[CH]C=CCCCC. The average Bonchev–Trinajstić information content (AvgIpc) is 1.97. The van der Waals surface area contributed by atoms with Crippen molar-refractivity contribution in [3.8, 4) is 0 Å². The normalized spacial score (nSPS) is 11.0. The van der Waals surface area contributed by atoms with Crippen LogP contribution in [0.1, 0.15) is 46.0 Å². The smallest absolute Gasteiger partial charge is 0.0171 e. The first-order valence-corrected chi connectivity index (χ1v) is 4.40. The molecule has 0 spiro atoms. The second-order valence-electron chi connectivity index (χ2n) is 2.59. The van der Waals surface area contributed by atoms with E-state index >= 15 is 0 Å². The van der Waals surface area contributed by atoms with Crippen LogP contribution in [0.5, 0.6) is 0 Å². The monoisotopic (exact) mass is 139 g/mol. The summed E-state index contributed by atoms with van der Waals surface area (Å²) in [6.45, 7) is 4.43. The third-order valence-electron chi connectivity index (χ3n) is 1.45. The molecule has 0 saturated heterocycles. The first kappa shape index (κ1) is 9.74. The molecule has 0 aliphatic rings. The van der Waals surface area contributed by atoms with Crippen molar-refractivity contribution in [3.63, 3.8) is 0 Å². The van der Waals surface area contributed by atoms with Crippen LogP contribution in [0, 0.1) is 6.42 Å². The van der Waals surface area contributed by atoms with E-state index in [2.05, 4.69) is 32.4 Å². The van der Waals surface area contributed by atoms with E-state index in [9.17, 15) is 0 Å². The zero-order valence-electron chi connectivity index (χ0n) is 7.27. The van der Waals surface area contributed by atoms with Crippen LogP contribution in [0.4, 0.5) is 0 Å². The number of unbranched alkanes of at least 4 members (excludes halogenated alkanes) is 4. The number of hydrogen-bond acceptors (Lipinski definition) is 0. The summed E-state index contributed by atoms with van der Waals surface area (Å²) in [6.07, 6.45) is 13.1. The van der Waals surface area contributed by atoms with Gasteiger partial charge in [0, 0.05) is 0 Å². The van der Waals surface area contributed by atoms with Gasteiger partial charge < -0.3 is 0 Å². The van der Waals surface area contributed by atoms with Gasteiger partial charge >= 0.3 is 0 Å². The van der Waals surface area contributed by atoms with Gasteiger partial charge in [0.25, 0.3) is 0 Å². The van der Waals surface area contributed by atoms with Crippen molar-refractivity contribution in [2.45, 2.75) is 46.0 Å². The largest absolute Gasteiger partial charge is 0.0882 e. The topological polar surface area (TPSA) is 0 Å². The Labute approximate surface area is 65.3 Å². The lowest BCUT2D eigenvalue weighted by Crippen LogP contribution is -1.70. The molecule has 0 heterocycles. The first-order valence-electron chi connectivity index (χ1n) is 4.40. The third-order valence-corrected chi connectivity index (χ3v) is 1.45. The minimum Gasteiger partial charge on any atom is -0.0882 e. The minimum atomic E-state index is 1.22. The van der Waals surface area contributed by atoms with Gasteiger partial charge in [-0.1, -0.05) is 45.3 Å². The van der Waals surface area contributed by atoms with Crippen LogP contribution in [-0.4, -0.2) is 0 Å². The summed E-state index contributed by atoms with van der Waals surface area (Å²) >= 11 is 0. The lowest BCUT2D eigenvalue weighted by atomic mass is 10.2. The second-order valence-corrected chi connectivity index (χ2v) is 2.59. The Kier molecular flexibility index (Phi) is 8.51. The maximum absolute atomic E-state index is 2.26. The maximum Gasteiger partial charge on any atom is -0.0171 e. The van der Waals surface area contributed by atoms with Crippen LogP contribution in [0.3, 0.4) is 0 Å². The van der Waals surface area contributed by atoms with Gasteiger partial charge in [0.15, 0.2) is 0 Å². The molecular weight excluding hydrogens is 120 g/mol. The van der Waals surface area contributed by atoms with Gasteiger partial charge in [-0.05, 0) is 19.3 Å². The van der Waals surface area contributed by atoms with Crippen LogP contribution in [0.15, 0.2) is 12.2 Å². The van der Waals surface area contributed by atoms with E-state index < -0.39 is 0 Å². The van der Waals surface area contributed by atoms with Crippen molar-refractivity contribution in [2.75, 3.05) is 0 Å². The molecule has 59 valence electrons. The molecule has 0 bridgehead atoms. The molecular formula is C10H19. The Morgan fingerprint density at radius 2 is 1.80 bits per heavy atom. The standard InChI is InChI=1S/C10H19/c1-3-5-7-9-10-8-6-4-2/h7,9-10H,3-6,8H2,1-2H3. The molecule has 0 heteroatoms. The molecule has 0 saturated carbocycles. The third kappa shape index (κ3) is 7.74. The van der Waals surface area contributed by atoms with Gasteiger partial charge in [0.2, 0.25) is 0 Å². The molecule has 0 aliphatic heterocycles. The van der Waals surface area contributed by atoms with E-state index in [4.69, 9.17) is 0 Å². The molecule has 0 aromatic heterocycles. The fraction of sp³-hybridized carbons (Fsp3) is 0.700. The molecule has 0 rings (SSSR count). The summed E-state index contributed by atoms with van der Waals surface area (Å²) in [4.78, 5) is 0. The van der Waals surface area contributed by atoms with E-state index in [1.54, 1.807) is 0 Å². The summed E-state index contributed by atoms with van der Waals surface area (Å²) < 4.78 is 0. The van der Waals surface area contributed by atoms with Crippen molar-refractivity contribution in [1.29, 1.82) is 0 Å². The highest BCUT2D eigenvalue weighted by molar-refractivity contribution is 4.93. The molecule has 0 fully saturated rings. The lowest BCUT2D eigenvalue weighted by Gasteiger charge is -1.89. The molecule has 0 N–H and O–H groups in total. The first-order chi connectivity index (χ1) is 4.91. The predicted molar refractivity (Wildman–Crippen MR) is 47.9 cm³/mol. The summed E-state index contributed by atoms with van der Waals surface area (Å²) in [7, 11) is 0. The molecule has 0 nitrogen and oxygen atoms in total. The number of rotatable bonds is 6. The zero-order valence-corrected chi connectivity index (χ0v) is 7.27. The van der Waals surface area contributed by atoms with Crippen molar-refractivity contribution in [3.05, 3.63) is 18.6 Å². The lowest BCUT2D eigenvalue weighted by molar-refractivity contribution is 0.813. The van der Waals surface area contributed by atoms with Gasteiger partial charge in [-0.25, -0.2) is 0 Å². The molecule has 10 heavy (non-hydrogen) atoms. The summed E-state index contributed by atoms with van der Waals surface area (Å²) in [6, 6.07) is 0. The van der Waals surface area contributed by atoms with Gasteiger partial charge in [0.1, 0.15) is 0 Å². The van der Waals surface area contributed by atoms with Crippen LogP contribution in [0.2, 0.25) is 0 Å². The summed E-state index contributed by atoms with van der Waals surface area (Å²) in [5, 5.41) is 0.